The molecule has 1 aliphatic rings. The van der Waals surface area contributed by atoms with Crippen molar-refractivity contribution in [1.82, 2.24) is 4.90 Å². The lowest BCUT2D eigenvalue weighted by Crippen LogP contribution is -2.22. The van der Waals surface area contributed by atoms with Gasteiger partial charge in [0.25, 0.3) is 0 Å². The van der Waals surface area contributed by atoms with Gasteiger partial charge in [-0.3, -0.25) is 4.90 Å². The summed E-state index contributed by atoms with van der Waals surface area (Å²) >= 11 is 1.12. The number of benzene rings is 1. The van der Waals surface area contributed by atoms with Crippen molar-refractivity contribution in [3.05, 3.63) is 28.8 Å². The number of hydrogen-bond acceptors (Lipinski definition) is 2. The number of rotatable bonds is 2. The second-order valence-corrected chi connectivity index (χ2v) is 5.49. The van der Waals surface area contributed by atoms with Gasteiger partial charge in [0.05, 0.1) is 5.56 Å². The summed E-state index contributed by atoms with van der Waals surface area (Å²) in [6, 6.07) is 2.55. The summed E-state index contributed by atoms with van der Waals surface area (Å²) in [6.45, 7) is 1.95. The number of halogens is 3. The van der Waals surface area contributed by atoms with Crippen LogP contribution in [-0.4, -0.2) is 21.9 Å². The molecule has 1 aromatic rings. The summed E-state index contributed by atoms with van der Waals surface area (Å²) in [5.41, 5.74) is 0.423. The largest absolute Gasteiger partial charge is 0.465 e. The fourth-order valence-electron chi connectivity index (χ4n) is 2.06. The van der Waals surface area contributed by atoms with Crippen LogP contribution in [0.2, 0.25) is 0 Å². The normalized spacial score (nSPS) is 14.6. The van der Waals surface area contributed by atoms with E-state index in [2.05, 4.69) is 0 Å². The molecule has 0 bridgehead atoms. The maximum Gasteiger partial charge on any atom is 0.417 e. The predicted octanol–water partition coefficient (Wildman–Crippen LogP) is 3.81. The number of amides is 1. The minimum Gasteiger partial charge on any atom is -0.465 e. The Morgan fingerprint density at radius 2 is 1.95 bits per heavy atom. The molecule has 1 aromatic carbocycles. The Morgan fingerprint density at radius 1 is 1.37 bits per heavy atom. The van der Waals surface area contributed by atoms with Crippen LogP contribution in [0.5, 0.6) is 0 Å². The van der Waals surface area contributed by atoms with Crippen molar-refractivity contribution in [2.75, 3.05) is 5.75 Å². The highest BCUT2D eigenvalue weighted by Crippen LogP contribution is 2.40. The van der Waals surface area contributed by atoms with Crippen LogP contribution in [0.15, 0.2) is 17.0 Å². The Labute approximate surface area is 112 Å². The molecule has 1 N–H and O–H groups in total. The van der Waals surface area contributed by atoms with Gasteiger partial charge in [-0.1, -0.05) is 6.92 Å². The predicted molar refractivity (Wildman–Crippen MR) is 65.1 cm³/mol. The zero-order chi connectivity index (χ0) is 14.2. The number of nitrogens with zero attached hydrogens (tertiary/aromatic N) is 1. The molecule has 0 unspecified atom stereocenters. The van der Waals surface area contributed by atoms with E-state index in [1.807, 2.05) is 0 Å². The Hall–Kier alpha value is -1.37. The van der Waals surface area contributed by atoms with E-state index in [9.17, 15) is 18.0 Å². The Kier molecular flexibility index (Phi) is 3.66. The van der Waals surface area contributed by atoms with E-state index >= 15 is 0 Å². The molecule has 0 fully saturated rings. The van der Waals surface area contributed by atoms with Crippen LogP contribution < -0.4 is 0 Å². The van der Waals surface area contributed by atoms with Gasteiger partial charge < -0.3 is 5.11 Å². The summed E-state index contributed by atoms with van der Waals surface area (Å²) < 4.78 is 38.9. The van der Waals surface area contributed by atoms with Crippen molar-refractivity contribution in [1.29, 1.82) is 0 Å². The molecule has 0 saturated carbocycles. The lowest BCUT2D eigenvalue weighted by Gasteiger charge is -2.13. The van der Waals surface area contributed by atoms with Crippen LogP contribution in [-0.2, 0) is 19.3 Å². The first-order valence-corrected chi connectivity index (χ1v) is 6.65. The van der Waals surface area contributed by atoms with Crippen LogP contribution >= 0.6 is 11.8 Å². The zero-order valence-electron chi connectivity index (χ0n) is 10.1. The minimum absolute atomic E-state index is 0.0187. The number of fused-ring (bicyclic) bond motifs is 1. The fraction of sp³-hybridized carbons (Fsp3) is 0.417. The highest BCUT2D eigenvalue weighted by Gasteiger charge is 2.36. The third-order valence-corrected chi connectivity index (χ3v) is 3.84. The molecule has 7 heteroatoms. The molecular weight excluding hydrogens is 279 g/mol. The van der Waals surface area contributed by atoms with Gasteiger partial charge in [0.1, 0.15) is 0 Å². The summed E-state index contributed by atoms with van der Waals surface area (Å²) in [6.07, 6.45) is -5.53. The first kappa shape index (κ1) is 14.0. The van der Waals surface area contributed by atoms with Gasteiger partial charge in [0.2, 0.25) is 0 Å². The topological polar surface area (TPSA) is 40.5 Å². The molecule has 1 aliphatic heterocycles. The van der Waals surface area contributed by atoms with Crippen LogP contribution in [0.1, 0.15) is 23.6 Å². The van der Waals surface area contributed by atoms with Crippen molar-refractivity contribution in [2.45, 2.75) is 31.1 Å². The molecule has 0 saturated heterocycles. The second-order valence-electron chi connectivity index (χ2n) is 4.19. The molecule has 0 spiro atoms. The third-order valence-electron chi connectivity index (χ3n) is 2.90. The quantitative estimate of drug-likeness (QED) is 0.842. The molecular formula is C12H12F3NO2S. The van der Waals surface area contributed by atoms with Gasteiger partial charge in [-0.15, -0.1) is 11.8 Å². The van der Waals surface area contributed by atoms with Gasteiger partial charge in [-0.25, -0.2) is 4.79 Å². The van der Waals surface area contributed by atoms with Gasteiger partial charge >= 0.3 is 12.3 Å². The van der Waals surface area contributed by atoms with Gasteiger partial charge in [-0.05, 0) is 29.0 Å². The van der Waals surface area contributed by atoms with Gasteiger partial charge in [0, 0.05) is 18.0 Å². The molecule has 2 rings (SSSR count). The third kappa shape index (κ3) is 2.80. The summed E-state index contributed by atoms with van der Waals surface area (Å²) in [5, 5.41) is 8.89. The van der Waals surface area contributed by atoms with Crippen molar-refractivity contribution >= 4 is 17.9 Å². The number of alkyl halides is 3. The Bertz CT molecular complexity index is 516. The number of carboxylic acid groups (broad SMARTS) is 1. The standard InChI is InChI=1S/C12H12F3NO2S/c1-2-19-10-4-8-6-16(11(17)18)5-7(8)3-9(10)12(13,14)15/h3-4H,2,5-6H2,1H3,(H,17,18). The second kappa shape index (κ2) is 4.96. The molecule has 0 atom stereocenters. The van der Waals surface area contributed by atoms with Crippen LogP contribution in [0.4, 0.5) is 18.0 Å². The lowest BCUT2D eigenvalue weighted by molar-refractivity contribution is -0.139. The van der Waals surface area contributed by atoms with Crippen molar-refractivity contribution in [3.8, 4) is 0 Å². The van der Waals surface area contributed by atoms with E-state index in [-0.39, 0.29) is 18.0 Å². The maximum atomic E-state index is 13.0. The minimum atomic E-state index is -4.41. The van der Waals surface area contributed by atoms with E-state index in [0.717, 1.165) is 22.7 Å². The molecule has 1 amide bonds. The first-order valence-electron chi connectivity index (χ1n) is 5.66. The summed E-state index contributed by atoms with van der Waals surface area (Å²) in [5.74, 6) is 0.532. The van der Waals surface area contributed by atoms with Crippen molar-refractivity contribution in [3.63, 3.8) is 0 Å². The smallest absolute Gasteiger partial charge is 0.417 e. The summed E-state index contributed by atoms with van der Waals surface area (Å²) in [7, 11) is 0. The van der Waals surface area contributed by atoms with Crippen molar-refractivity contribution < 1.29 is 23.1 Å². The number of carbonyl (C=O) groups is 1. The molecule has 0 aromatic heterocycles. The number of hydrogen-bond donors (Lipinski definition) is 1. The van der Waals surface area contributed by atoms with Gasteiger partial charge in [-0.2, -0.15) is 13.2 Å². The van der Waals surface area contributed by atoms with E-state index in [0.29, 0.717) is 16.9 Å². The average Bonchev–Trinajstić information content (AvgIpc) is 2.70. The highest BCUT2D eigenvalue weighted by molar-refractivity contribution is 7.99. The SMILES string of the molecule is CCSc1cc2c(cc1C(F)(F)F)CN(C(=O)O)C2. The van der Waals surface area contributed by atoms with Crippen LogP contribution in [0.3, 0.4) is 0 Å². The molecule has 1 heterocycles. The molecule has 19 heavy (non-hydrogen) atoms. The zero-order valence-corrected chi connectivity index (χ0v) is 10.9. The molecule has 0 radical (unpaired) electrons. The van der Waals surface area contributed by atoms with Crippen LogP contribution in [0, 0.1) is 0 Å². The average molecular weight is 291 g/mol. The summed E-state index contributed by atoms with van der Waals surface area (Å²) in [4.78, 5) is 12.1. The van der Waals surface area contributed by atoms with E-state index < -0.39 is 17.8 Å². The van der Waals surface area contributed by atoms with Gasteiger partial charge in [0.15, 0.2) is 0 Å². The monoisotopic (exact) mass is 291 g/mol. The molecule has 3 nitrogen and oxygen atoms in total. The fourth-order valence-corrected chi connectivity index (χ4v) is 2.93. The van der Waals surface area contributed by atoms with E-state index in [1.54, 1.807) is 6.92 Å². The molecule has 104 valence electrons. The van der Waals surface area contributed by atoms with Crippen LogP contribution in [0.25, 0.3) is 0 Å². The maximum absolute atomic E-state index is 13.0. The Morgan fingerprint density at radius 3 is 2.42 bits per heavy atom. The van der Waals surface area contributed by atoms with Crippen molar-refractivity contribution in [2.24, 2.45) is 0 Å². The number of thioether (sulfide) groups is 1. The molecule has 0 aliphatic carbocycles. The first-order chi connectivity index (χ1) is 8.82. The lowest BCUT2D eigenvalue weighted by atomic mass is 10.1. The van der Waals surface area contributed by atoms with E-state index in [1.165, 1.54) is 6.07 Å². The Balaban J connectivity index is 2.43. The highest BCUT2D eigenvalue weighted by atomic mass is 32.2. The van der Waals surface area contributed by atoms with E-state index in [4.69, 9.17) is 5.11 Å².